The van der Waals surface area contributed by atoms with Crippen LogP contribution >= 0.6 is 11.3 Å². The van der Waals surface area contributed by atoms with E-state index >= 15 is 0 Å². The van der Waals surface area contributed by atoms with E-state index in [4.69, 9.17) is 4.98 Å². The summed E-state index contributed by atoms with van der Waals surface area (Å²) in [6.45, 7) is 2.70. The van der Waals surface area contributed by atoms with E-state index in [2.05, 4.69) is 17.0 Å². The van der Waals surface area contributed by atoms with Gasteiger partial charge in [-0.2, -0.15) is 0 Å². The standard InChI is InChI=1S/C15H17N3OS/c1-17-7-6-10-8-18(9-11(10)14(17)19)15-16-12-4-2-3-5-13(12)20-15/h2-5,10-11H,6-9H2,1H3/t10-,11+/m1/s1. The van der Waals surface area contributed by atoms with Crippen LogP contribution in [0.4, 0.5) is 5.13 Å². The average molecular weight is 287 g/mol. The zero-order valence-corrected chi connectivity index (χ0v) is 12.3. The number of para-hydroxylation sites is 1. The molecule has 5 heteroatoms. The van der Waals surface area contributed by atoms with Gasteiger partial charge in [0.15, 0.2) is 5.13 Å². The monoisotopic (exact) mass is 287 g/mol. The molecule has 3 heterocycles. The highest BCUT2D eigenvalue weighted by atomic mass is 32.1. The highest BCUT2D eigenvalue weighted by molar-refractivity contribution is 7.22. The summed E-state index contributed by atoms with van der Waals surface area (Å²) in [4.78, 5) is 21.1. The summed E-state index contributed by atoms with van der Waals surface area (Å²) >= 11 is 1.73. The van der Waals surface area contributed by atoms with Crippen molar-refractivity contribution in [2.24, 2.45) is 11.8 Å². The van der Waals surface area contributed by atoms with Crippen LogP contribution in [0.5, 0.6) is 0 Å². The molecule has 0 spiro atoms. The Bertz CT molecular complexity index is 635. The molecular weight excluding hydrogens is 270 g/mol. The van der Waals surface area contributed by atoms with Crippen molar-refractivity contribution < 1.29 is 4.79 Å². The molecular formula is C15H17N3OS. The maximum absolute atomic E-state index is 12.2. The van der Waals surface area contributed by atoms with Crippen molar-refractivity contribution in [3.63, 3.8) is 0 Å². The van der Waals surface area contributed by atoms with E-state index in [1.165, 1.54) is 4.70 Å². The van der Waals surface area contributed by atoms with Crippen LogP contribution in [0, 0.1) is 11.8 Å². The first kappa shape index (κ1) is 12.1. The van der Waals surface area contributed by atoms with Crippen LogP contribution in [-0.4, -0.2) is 42.5 Å². The number of rotatable bonds is 1. The number of piperidine rings is 1. The third-order valence-corrected chi connectivity index (χ3v) is 5.62. The van der Waals surface area contributed by atoms with Crippen molar-refractivity contribution >= 4 is 32.6 Å². The van der Waals surface area contributed by atoms with E-state index < -0.39 is 0 Å². The predicted octanol–water partition coefficient (Wildman–Crippen LogP) is 2.21. The zero-order valence-electron chi connectivity index (χ0n) is 11.5. The quantitative estimate of drug-likeness (QED) is 0.807. The maximum Gasteiger partial charge on any atom is 0.227 e. The van der Waals surface area contributed by atoms with E-state index in [9.17, 15) is 4.79 Å². The summed E-state index contributed by atoms with van der Waals surface area (Å²) in [6.07, 6.45) is 1.12. The van der Waals surface area contributed by atoms with E-state index in [1.54, 1.807) is 11.3 Å². The molecule has 20 heavy (non-hydrogen) atoms. The molecule has 2 aromatic rings. The summed E-state index contributed by atoms with van der Waals surface area (Å²) in [5.41, 5.74) is 1.06. The molecule has 2 saturated heterocycles. The molecule has 0 N–H and O–H groups in total. The molecule has 2 fully saturated rings. The van der Waals surface area contributed by atoms with Crippen LogP contribution in [0.25, 0.3) is 10.2 Å². The number of benzene rings is 1. The molecule has 0 bridgehead atoms. The summed E-state index contributed by atoms with van der Waals surface area (Å²) in [7, 11) is 1.92. The van der Waals surface area contributed by atoms with Gasteiger partial charge in [0.2, 0.25) is 5.91 Å². The van der Waals surface area contributed by atoms with Gasteiger partial charge >= 0.3 is 0 Å². The van der Waals surface area contributed by atoms with Gasteiger partial charge in [0.1, 0.15) is 0 Å². The van der Waals surface area contributed by atoms with Crippen molar-refractivity contribution in [2.75, 3.05) is 31.6 Å². The second-order valence-electron chi connectivity index (χ2n) is 5.78. The normalized spacial score (nSPS) is 26.4. The first-order valence-electron chi connectivity index (χ1n) is 7.08. The van der Waals surface area contributed by atoms with Crippen molar-refractivity contribution in [2.45, 2.75) is 6.42 Å². The SMILES string of the molecule is CN1CC[C@@H]2CN(c3nc4ccccc4s3)C[C@@H]2C1=O. The van der Waals surface area contributed by atoms with Crippen LogP contribution in [0.2, 0.25) is 0 Å². The van der Waals surface area contributed by atoms with Gasteiger partial charge in [-0.1, -0.05) is 23.5 Å². The van der Waals surface area contributed by atoms with Crippen LogP contribution in [-0.2, 0) is 4.79 Å². The Hall–Kier alpha value is -1.62. The molecule has 1 amide bonds. The number of nitrogens with zero attached hydrogens (tertiary/aromatic N) is 3. The third kappa shape index (κ3) is 1.80. The molecule has 4 nitrogen and oxygen atoms in total. The van der Waals surface area contributed by atoms with Gasteiger partial charge < -0.3 is 9.80 Å². The first-order chi connectivity index (χ1) is 9.72. The number of hydrogen-bond acceptors (Lipinski definition) is 4. The average Bonchev–Trinajstić information content (AvgIpc) is 3.06. The van der Waals surface area contributed by atoms with E-state index in [0.717, 1.165) is 36.7 Å². The number of hydrogen-bond donors (Lipinski definition) is 0. The number of aromatic nitrogens is 1. The van der Waals surface area contributed by atoms with Gasteiger partial charge in [-0.25, -0.2) is 4.98 Å². The van der Waals surface area contributed by atoms with E-state index in [0.29, 0.717) is 11.8 Å². The molecule has 0 radical (unpaired) electrons. The Morgan fingerprint density at radius 3 is 3.00 bits per heavy atom. The summed E-state index contributed by atoms with van der Waals surface area (Å²) < 4.78 is 1.22. The molecule has 4 rings (SSSR count). The number of carbonyl (C=O) groups excluding carboxylic acids is 1. The van der Waals surface area contributed by atoms with Gasteiger partial charge in [0.05, 0.1) is 16.1 Å². The largest absolute Gasteiger partial charge is 0.347 e. The molecule has 1 aromatic heterocycles. The van der Waals surface area contributed by atoms with Crippen LogP contribution in [0.3, 0.4) is 0 Å². The number of likely N-dealkylation sites (tertiary alicyclic amines) is 1. The van der Waals surface area contributed by atoms with Gasteiger partial charge in [0.25, 0.3) is 0 Å². The number of amides is 1. The second-order valence-corrected chi connectivity index (χ2v) is 6.79. The highest BCUT2D eigenvalue weighted by Gasteiger charge is 2.42. The van der Waals surface area contributed by atoms with E-state index in [1.807, 2.05) is 24.1 Å². The molecule has 2 aliphatic heterocycles. The van der Waals surface area contributed by atoms with Gasteiger partial charge in [-0.15, -0.1) is 0 Å². The Morgan fingerprint density at radius 1 is 1.30 bits per heavy atom. The fourth-order valence-corrected chi connectivity index (χ4v) is 4.33. The predicted molar refractivity (Wildman–Crippen MR) is 81.1 cm³/mol. The lowest BCUT2D eigenvalue weighted by Crippen LogP contribution is -2.42. The Labute approximate surface area is 122 Å². The fourth-order valence-electron chi connectivity index (χ4n) is 3.35. The first-order valence-corrected chi connectivity index (χ1v) is 7.89. The highest BCUT2D eigenvalue weighted by Crippen LogP contribution is 2.37. The molecule has 1 aromatic carbocycles. The Kier molecular flexibility index (Phi) is 2.70. The van der Waals surface area contributed by atoms with Crippen molar-refractivity contribution in [3.8, 4) is 0 Å². The lowest BCUT2D eigenvalue weighted by atomic mass is 9.88. The van der Waals surface area contributed by atoms with Crippen LogP contribution in [0.15, 0.2) is 24.3 Å². The number of anilines is 1. The number of fused-ring (bicyclic) bond motifs is 2. The van der Waals surface area contributed by atoms with Gasteiger partial charge in [-0.05, 0) is 24.5 Å². The third-order valence-electron chi connectivity index (χ3n) is 4.52. The second kappa shape index (κ2) is 4.45. The molecule has 2 aliphatic rings. The number of thiazole rings is 1. The van der Waals surface area contributed by atoms with Crippen molar-refractivity contribution in [1.29, 1.82) is 0 Å². The van der Waals surface area contributed by atoms with Crippen LogP contribution in [0.1, 0.15) is 6.42 Å². The molecule has 0 unspecified atom stereocenters. The van der Waals surface area contributed by atoms with E-state index in [-0.39, 0.29) is 5.92 Å². The minimum Gasteiger partial charge on any atom is -0.347 e. The zero-order chi connectivity index (χ0) is 13.7. The summed E-state index contributed by atoms with van der Waals surface area (Å²) in [6, 6.07) is 8.23. The minimum absolute atomic E-state index is 0.167. The topological polar surface area (TPSA) is 36.4 Å². The Morgan fingerprint density at radius 2 is 2.15 bits per heavy atom. The smallest absolute Gasteiger partial charge is 0.227 e. The minimum atomic E-state index is 0.167. The lowest BCUT2D eigenvalue weighted by Gasteiger charge is -2.30. The molecule has 0 aliphatic carbocycles. The maximum atomic E-state index is 12.2. The fraction of sp³-hybridized carbons (Fsp3) is 0.467. The molecule has 2 atom stereocenters. The summed E-state index contributed by atoms with van der Waals surface area (Å²) in [5, 5.41) is 1.07. The van der Waals surface area contributed by atoms with Crippen molar-refractivity contribution in [1.82, 2.24) is 9.88 Å². The molecule has 0 saturated carbocycles. The van der Waals surface area contributed by atoms with Crippen LogP contribution < -0.4 is 4.90 Å². The van der Waals surface area contributed by atoms with Gasteiger partial charge in [0, 0.05) is 26.7 Å². The van der Waals surface area contributed by atoms with Crippen molar-refractivity contribution in [3.05, 3.63) is 24.3 Å². The number of carbonyl (C=O) groups is 1. The lowest BCUT2D eigenvalue weighted by molar-refractivity contribution is -0.137. The Balaban J connectivity index is 1.63. The summed E-state index contributed by atoms with van der Waals surface area (Å²) in [5.74, 6) is 0.983. The molecule has 104 valence electrons. The van der Waals surface area contributed by atoms with Gasteiger partial charge in [-0.3, -0.25) is 4.79 Å².